The number of halogens is 1. The van der Waals surface area contributed by atoms with E-state index in [2.05, 4.69) is 0 Å². The summed E-state index contributed by atoms with van der Waals surface area (Å²) >= 11 is 6.08. The number of nitrogens with zero attached hydrogens (tertiary/aromatic N) is 1. The van der Waals surface area contributed by atoms with Crippen LogP contribution >= 0.6 is 11.6 Å². The number of rotatable bonds is 5. The molecule has 1 N–H and O–H groups in total. The number of amides is 1. The first-order valence-electron chi connectivity index (χ1n) is 10.7. The molecule has 0 radical (unpaired) electrons. The predicted octanol–water partition coefficient (Wildman–Crippen LogP) is 5.09. The molecule has 2 aliphatic heterocycles. The quantitative estimate of drug-likeness (QED) is 0.313. The lowest BCUT2D eigenvalue weighted by Gasteiger charge is -2.25. The van der Waals surface area contributed by atoms with E-state index in [-0.39, 0.29) is 18.1 Å². The number of fused-ring (bicyclic) bond motifs is 1. The highest BCUT2D eigenvalue weighted by molar-refractivity contribution is 6.51. The van der Waals surface area contributed by atoms with Gasteiger partial charge in [0.15, 0.2) is 11.5 Å². The second kappa shape index (κ2) is 8.76. The summed E-state index contributed by atoms with van der Waals surface area (Å²) in [5, 5.41) is 11.7. The fourth-order valence-corrected chi connectivity index (χ4v) is 4.25. The van der Waals surface area contributed by atoms with Crippen LogP contribution < -0.4 is 19.1 Å². The van der Waals surface area contributed by atoms with Crippen molar-refractivity contribution in [3.8, 4) is 17.2 Å². The fraction of sp³-hybridized carbons (Fsp3) is 0.154. The summed E-state index contributed by atoms with van der Waals surface area (Å²) in [6.45, 7) is 2.45. The standard InChI is InChI=1S/C26H20ClNO6/c1-2-32-19-10-5-16(6-11-19)24(29)22-23(15-3-7-17(27)8-4-15)28(26(31)25(22)30)18-9-12-20-21(13-18)34-14-33-20/h3-13,23,29H,2,14H2,1H3/b24-22+. The van der Waals surface area contributed by atoms with Crippen LogP contribution in [-0.2, 0) is 9.59 Å². The van der Waals surface area contributed by atoms with E-state index >= 15 is 0 Å². The van der Waals surface area contributed by atoms with Crippen molar-refractivity contribution in [3.05, 3.63) is 88.5 Å². The Bertz CT molecular complexity index is 1300. The first-order chi connectivity index (χ1) is 16.5. The summed E-state index contributed by atoms with van der Waals surface area (Å²) in [6, 6.07) is 17.6. The molecule has 1 fully saturated rings. The summed E-state index contributed by atoms with van der Waals surface area (Å²) in [6.07, 6.45) is 0. The number of carbonyl (C=O) groups excluding carboxylic acids is 2. The maximum atomic E-state index is 13.3. The van der Waals surface area contributed by atoms with E-state index in [1.54, 1.807) is 66.7 Å². The molecule has 8 heteroatoms. The molecule has 172 valence electrons. The first-order valence-corrected chi connectivity index (χ1v) is 11.0. The summed E-state index contributed by atoms with van der Waals surface area (Å²) in [5.41, 5.74) is 1.44. The molecule has 34 heavy (non-hydrogen) atoms. The smallest absolute Gasteiger partial charge is 0.300 e. The van der Waals surface area contributed by atoms with Crippen molar-refractivity contribution >= 4 is 34.7 Å². The van der Waals surface area contributed by atoms with Crippen LogP contribution in [0.5, 0.6) is 17.2 Å². The minimum absolute atomic E-state index is 0.0193. The summed E-state index contributed by atoms with van der Waals surface area (Å²) in [4.78, 5) is 27.9. The Kier molecular flexibility index (Phi) is 5.63. The molecule has 1 atom stereocenters. The van der Waals surface area contributed by atoms with Gasteiger partial charge >= 0.3 is 0 Å². The van der Waals surface area contributed by atoms with Gasteiger partial charge in [0.1, 0.15) is 11.5 Å². The van der Waals surface area contributed by atoms with Gasteiger partial charge in [-0.15, -0.1) is 0 Å². The maximum Gasteiger partial charge on any atom is 0.300 e. The lowest BCUT2D eigenvalue weighted by Crippen LogP contribution is -2.29. The van der Waals surface area contributed by atoms with Crippen LogP contribution in [-0.4, -0.2) is 30.2 Å². The zero-order valence-electron chi connectivity index (χ0n) is 18.2. The molecule has 2 aliphatic rings. The number of benzene rings is 3. The van der Waals surface area contributed by atoms with Crippen molar-refractivity contribution in [1.82, 2.24) is 0 Å². The van der Waals surface area contributed by atoms with E-state index in [9.17, 15) is 14.7 Å². The molecule has 1 saturated heterocycles. The normalized spacial score (nSPS) is 18.4. The van der Waals surface area contributed by atoms with Crippen LogP contribution in [0.1, 0.15) is 24.1 Å². The number of ketones is 1. The van der Waals surface area contributed by atoms with Crippen molar-refractivity contribution in [2.45, 2.75) is 13.0 Å². The number of hydrogen-bond donors (Lipinski definition) is 1. The molecule has 1 amide bonds. The number of aliphatic hydroxyl groups excluding tert-OH is 1. The van der Waals surface area contributed by atoms with Crippen LogP contribution in [0.3, 0.4) is 0 Å². The van der Waals surface area contributed by atoms with E-state index in [1.165, 1.54) is 4.90 Å². The summed E-state index contributed by atoms with van der Waals surface area (Å²) < 4.78 is 16.3. The largest absolute Gasteiger partial charge is 0.507 e. The van der Waals surface area contributed by atoms with Gasteiger partial charge in [0.05, 0.1) is 18.2 Å². The Morgan fingerprint density at radius 2 is 1.74 bits per heavy atom. The summed E-state index contributed by atoms with van der Waals surface area (Å²) in [5.74, 6) is -0.160. The van der Waals surface area contributed by atoms with E-state index in [0.717, 1.165) is 0 Å². The Morgan fingerprint density at radius 1 is 1.03 bits per heavy atom. The molecular formula is C26H20ClNO6. The van der Waals surface area contributed by atoms with Gasteiger partial charge in [-0.2, -0.15) is 0 Å². The molecule has 0 spiro atoms. The molecule has 3 aromatic carbocycles. The molecule has 0 bridgehead atoms. The van der Waals surface area contributed by atoms with Gasteiger partial charge in [0.2, 0.25) is 6.79 Å². The number of hydrogen-bond acceptors (Lipinski definition) is 6. The third kappa shape index (κ3) is 3.74. The average molecular weight is 478 g/mol. The molecular weight excluding hydrogens is 458 g/mol. The average Bonchev–Trinajstić information content (AvgIpc) is 3.42. The molecule has 0 aromatic heterocycles. The number of ether oxygens (including phenoxy) is 3. The second-order valence-electron chi connectivity index (χ2n) is 7.72. The minimum Gasteiger partial charge on any atom is -0.507 e. The number of Topliss-reactive ketones (excluding diaryl/α,β-unsaturated/α-hetero) is 1. The third-order valence-electron chi connectivity index (χ3n) is 5.70. The Morgan fingerprint density at radius 3 is 2.44 bits per heavy atom. The van der Waals surface area contributed by atoms with Gasteiger partial charge in [-0.3, -0.25) is 14.5 Å². The lowest BCUT2D eigenvalue weighted by molar-refractivity contribution is -0.132. The van der Waals surface area contributed by atoms with Crippen LogP contribution in [0.15, 0.2) is 72.3 Å². The van der Waals surface area contributed by atoms with Crippen molar-refractivity contribution in [1.29, 1.82) is 0 Å². The molecule has 2 heterocycles. The zero-order chi connectivity index (χ0) is 23.8. The van der Waals surface area contributed by atoms with Crippen molar-refractivity contribution in [2.24, 2.45) is 0 Å². The van der Waals surface area contributed by atoms with Crippen LogP contribution in [0.2, 0.25) is 5.02 Å². The highest BCUT2D eigenvalue weighted by Gasteiger charge is 2.47. The molecule has 1 unspecified atom stereocenters. The van der Waals surface area contributed by atoms with Gasteiger partial charge in [-0.25, -0.2) is 0 Å². The van der Waals surface area contributed by atoms with E-state index < -0.39 is 17.7 Å². The van der Waals surface area contributed by atoms with Crippen LogP contribution in [0.4, 0.5) is 5.69 Å². The zero-order valence-corrected chi connectivity index (χ0v) is 18.9. The minimum atomic E-state index is -0.871. The Labute approximate surface area is 200 Å². The monoisotopic (exact) mass is 477 g/mol. The van der Waals surface area contributed by atoms with Gasteiger partial charge in [-0.1, -0.05) is 23.7 Å². The maximum absolute atomic E-state index is 13.3. The lowest BCUT2D eigenvalue weighted by atomic mass is 9.95. The van der Waals surface area contributed by atoms with Crippen molar-refractivity contribution in [3.63, 3.8) is 0 Å². The highest BCUT2D eigenvalue weighted by Crippen LogP contribution is 2.45. The molecule has 0 aliphatic carbocycles. The predicted molar refractivity (Wildman–Crippen MR) is 126 cm³/mol. The number of aliphatic hydroxyl groups is 1. The number of anilines is 1. The Hall–Kier alpha value is -3.97. The molecule has 5 rings (SSSR count). The van der Waals surface area contributed by atoms with Crippen LogP contribution in [0, 0.1) is 0 Å². The van der Waals surface area contributed by atoms with Gasteiger partial charge in [0, 0.05) is 22.3 Å². The summed E-state index contributed by atoms with van der Waals surface area (Å²) in [7, 11) is 0. The van der Waals surface area contributed by atoms with Crippen molar-refractivity contribution < 1.29 is 28.9 Å². The second-order valence-corrected chi connectivity index (χ2v) is 8.15. The topological polar surface area (TPSA) is 85.3 Å². The van der Waals surface area contributed by atoms with E-state index in [1.807, 2.05) is 6.92 Å². The Balaban J connectivity index is 1.65. The number of carbonyl (C=O) groups is 2. The highest BCUT2D eigenvalue weighted by atomic mass is 35.5. The van der Waals surface area contributed by atoms with Crippen LogP contribution in [0.25, 0.3) is 5.76 Å². The van der Waals surface area contributed by atoms with Crippen molar-refractivity contribution in [2.75, 3.05) is 18.3 Å². The van der Waals surface area contributed by atoms with E-state index in [4.69, 9.17) is 25.8 Å². The first kappa shape index (κ1) is 21.9. The van der Waals surface area contributed by atoms with Gasteiger partial charge < -0.3 is 19.3 Å². The molecule has 0 saturated carbocycles. The van der Waals surface area contributed by atoms with Gasteiger partial charge in [0.25, 0.3) is 11.7 Å². The molecule has 3 aromatic rings. The fourth-order valence-electron chi connectivity index (χ4n) is 4.13. The van der Waals surface area contributed by atoms with Gasteiger partial charge in [-0.05, 0) is 61.0 Å². The molecule has 7 nitrogen and oxygen atoms in total. The third-order valence-corrected chi connectivity index (χ3v) is 5.96. The van der Waals surface area contributed by atoms with E-state index in [0.29, 0.717) is 45.7 Å². The SMILES string of the molecule is CCOc1ccc(/C(O)=C2\C(=O)C(=O)N(c3ccc4c(c3)OCO4)C2c2ccc(Cl)cc2)cc1.